The molecular formula is C27H25N3O2S. The second-order valence-corrected chi connectivity index (χ2v) is 8.62. The lowest BCUT2D eigenvalue weighted by molar-refractivity contribution is 0.355. The molecular weight excluding hydrogens is 430 g/mol. The minimum absolute atomic E-state index is 0.710. The topological polar surface area (TPSA) is 48.3 Å². The van der Waals surface area contributed by atoms with Crippen molar-refractivity contribution in [3.8, 4) is 22.8 Å². The zero-order chi connectivity index (χ0) is 22.6. The number of methoxy groups -OCH3 is 2. The quantitative estimate of drug-likeness (QED) is 0.292. The summed E-state index contributed by atoms with van der Waals surface area (Å²) in [7, 11) is 3.33. The number of ether oxygens (including phenoxy) is 2. The van der Waals surface area contributed by atoms with Gasteiger partial charge in [-0.1, -0.05) is 60.7 Å². The first-order valence-electron chi connectivity index (χ1n) is 10.8. The number of nitrogens with one attached hydrogen (secondary N) is 1. The van der Waals surface area contributed by atoms with Crippen LogP contribution in [0, 0.1) is 0 Å². The number of fused-ring (bicyclic) bond motifs is 1. The monoisotopic (exact) mass is 455 g/mol. The number of aromatic nitrogens is 2. The molecule has 1 N–H and O–H groups in total. The fourth-order valence-corrected chi connectivity index (χ4v) is 4.69. The van der Waals surface area contributed by atoms with Crippen LogP contribution in [0.4, 0.5) is 5.13 Å². The van der Waals surface area contributed by atoms with Gasteiger partial charge >= 0.3 is 0 Å². The van der Waals surface area contributed by atoms with E-state index in [4.69, 9.17) is 14.5 Å². The first kappa shape index (κ1) is 21.1. The summed E-state index contributed by atoms with van der Waals surface area (Å²) in [6, 6.07) is 24.9. The second-order valence-electron chi connectivity index (χ2n) is 7.76. The summed E-state index contributed by atoms with van der Waals surface area (Å²) < 4.78 is 13.4. The molecule has 5 nitrogen and oxygen atoms in total. The summed E-state index contributed by atoms with van der Waals surface area (Å²) in [5.74, 6) is 1.42. The molecule has 0 fully saturated rings. The predicted molar refractivity (Wildman–Crippen MR) is 135 cm³/mol. The summed E-state index contributed by atoms with van der Waals surface area (Å²) in [6.07, 6.45) is 2.17. The first-order chi connectivity index (χ1) is 16.2. The van der Waals surface area contributed by atoms with Crippen LogP contribution in [0.15, 0.2) is 84.4 Å². The highest BCUT2D eigenvalue weighted by Gasteiger charge is 2.17. The van der Waals surface area contributed by atoms with Crippen molar-refractivity contribution in [3.05, 3.63) is 95.5 Å². The van der Waals surface area contributed by atoms with Gasteiger partial charge in [0.05, 0.1) is 25.4 Å². The van der Waals surface area contributed by atoms with Gasteiger partial charge in [0, 0.05) is 41.7 Å². The largest absolute Gasteiger partial charge is 0.493 e. The van der Waals surface area contributed by atoms with Gasteiger partial charge in [0.25, 0.3) is 0 Å². The molecule has 0 radical (unpaired) electrons. The average molecular weight is 456 g/mol. The van der Waals surface area contributed by atoms with Crippen molar-refractivity contribution in [2.75, 3.05) is 19.5 Å². The van der Waals surface area contributed by atoms with Gasteiger partial charge in [-0.15, -0.1) is 11.3 Å². The van der Waals surface area contributed by atoms with E-state index in [-0.39, 0.29) is 0 Å². The van der Waals surface area contributed by atoms with Crippen LogP contribution in [-0.4, -0.2) is 23.8 Å². The molecule has 0 bridgehead atoms. The van der Waals surface area contributed by atoms with Crippen LogP contribution in [0.25, 0.3) is 22.2 Å². The number of nitrogens with zero attached hydrogens (tertiary/aromatic N) is 2. The lowest BCUT2D eigenvalue weighted by Crippen LogP contribution is -1.98. The number of anilines is 1. The summed E-state index contributed by atoms with van der Waals surface area (Å²) >= 11 is 1.62. The molecule has 0 unspecified atom stereocenters. The third-order valence-corrected chi connectivity index (χ3v) is 6.45. The van der Waals surface area contributed by atoms with Gasteiger partial charge in [0.2, 0.25) is 0 Å². The normalized spacial score (nSPS) is 11.0. The zero-order valence-electron chi connectivity index (χ0n) is 18.6. The molecule has 0 atom stereocenters. The van der Waals surface area contributed by atoms with Crippen LogP contribution >= 0.6 is 11.3 Å². The highest BCUT2D eigenvalue weighted by Crippen LogP contribution is 2.39. The molecule has 5 aromatic rings. The maximum Gasteiger partial charge on any atom is 0.183 e. The summed E-state index contributed by atoms with van der Waals surface area (Å²) in [6.45, 7) is 1.50. The van der Waals surface area contributed by atoms with Gasteiger partial charge in [0.15, 0.2) is 16.6 Å². The van der Waals surface area contributed by atoms with Crippen molar-refractivity contribution in [2.24, 2.45) is 0 Å². The molecule has 6 heteroatoms. The molecule has 2 heterocycles. The molecule has 0 aliphatic rings. The van der Waals surface area contributed by atoms with Gasteiger partial charge in [-0.2, -0.15) is 0 Å². The van der Waals surface area contributed by atoms with Crippen LogP contribution in [-0.2, 0) is 13.1 Å². The maximum absolute atomic E-state index is 5.59. The third kappa shape index (κ3) is 4.43. The Kier molecular flexibility index (Phi) is 6.00. The Morgan fingerprint density at radius 3 is 2.24 bits per heavy atom. The van der Waals surface area contributed by atoms with Crippen molar-refractivity contribution >= 4 is 27.4 Å². The van der Waals surface area contributed by atoms with Crippen molar-refractivity contribution < 1.29 is 9.47 Å². The number of thiazole rings is 1. The number of benzene rings is 3. The van der Waals surface area contributed by atoms with E-state index in [0.29, 0.717) is 11.5 Å². The standard InChI is InChI=1S/C27H25N3O2S/c1-31-25-13-21-22(23-18-33-27(29-23)28-15-19-9-5-3-6-10-19)17-30(24(21)14-26(25)32-2)16-20-11-7-4-8-12-20/h3-14,17-18H,15-16H2,1-2H3,(H,28,29). The minimum atomic E-state index is 0.710. The number of rotatable bonds is 8. The fourth-order valence-electron chi connectivity index (χ4n) is 3.98. The Morgan fingerprint density at radius 2 is 1.55 bits per heavy atom. The molecule has 3 aromatic carbocycles. The predicted octanol–water partition coefficient (Wildman–Crippen LogP) is 6.44. The van der Waals surface area contributed by atoms with E-state index in [1.807, 2.05) is 36.4 Å². The SMILES string of the molecule is COc1cc2c(-c3csc(NCc4ccccc4)n3)cn(Cc3ccccc3)c2cc1OC. The highest BCUT2D eigenvalue weighted by molar-refractivity contribution is 7.14. The Balaban J connectivity index is 1.52. The molecule has 0 amide bonds. The lowest BCUT2D eigenvalue weighted by Gasteiger charge is -2.10. The third-order valence-electron chi connectivity index (χ3n) is 5.65. The molecule has 0 aliphatic heterocycles. The molecule has 0 spiro atoms. The van der Waals surface area contributed by atoms with Crippen molar-refractivity contribution in [3.63, 3.8) is 0 Å². The van der Waals surface area contributed by atoms with Crippen molar-refractivity contribution in [1.82, 2.24) is 9.55 Å². The van der Waals surface area contributed by atoms with Crippen LogP contribution in [0.3, 0.4) is 0 Å². The van der Waals surface area contributed by atoms with Gasteiger partial charge < -0.3 is 19.4 Å². The van der Waals surface area contributed by atoms with E-state index in [9.17, 15) is 0 Å². The minimum Gasteiger partial charge on any atom is -0.493 e. The Labute approximate surface area is 197 Å². The highest BCUT2D eigenvalue weighted by atomic mass is 32.1. The Morgan fingerprint density at radius 1 is 0.879 bits per heavy atom. The average Bonchev–Trinajstić information content (AvgIpc) is 3.47. The lowest BCUT2D eigenvalue weighted by atomic mass is 10.1. The van der Waals surface area contributed by atoms with E-state index in [2.05, 4.69) is 57.9 Å². The smallest absolute Gasteiger partial charge is 0.183 e. The van der Waals surface area contributed by atoms with Crippen LogP contribution in [0.5, 0.6) is 11.5 Å². The van der Waals surface area contributed by atoms with Gasteiger partial charge in [-0.3, -0.25) is 0 Å². The Hall–Kier alpha value is -3.77. The molecule has 0 saturated heterocycles. The van der Waals surface area contributed by atoms with Crippen LogP contribution in [0.2, 0.25) is 0 Å². The molecule has 166 valence electrons. The molecule has 0 saturated carbocycles. The molecule has 33 heavy (non-hydrogen) atoms. The summed E-state index contributed by atoms with van der Waals surface area (Å²) in [5.41, 5.74) is 5.56. The second kappa shape index (κ2) is 9.38. The maximum atomic E-state index is 5.59. The molecule has 0 aliphatic carbocycles. The van der Waals surface area contributed by atoms with E-state index in [1.54, 1.807) is 25.6 Å². The van der Waals surface area contributed by atoms with Crippen molar-refractivity contribution in [2.45, 2.75) is 13.1 Å². The van der Waals surface area contributed by atoms with Crippen molar-refractivity contribution in [1.29, 1.82) is 0 Å². The van der Waals surface area contributed by atoms with E-state index < -0.39 is 0 Å². The first-order valence-corrected chi connectivity index (χ1v) is 11.7. The van der Waals surface area contributed by atoms with Gasteiger partial charge in [0.1, 0.15) is 0 Å². The fraction of sp³-hybridized carbons (Fsp3) is 0.148. The van der Waals surface area contributed by atoms with E-state index in [1.165, 1.54) is 11.1 Å². The van der Waals surface area contributed by atoms with Crippen LogP contribution in [0.1, 0.15) is 11.1 Å². The summed E-state index contributed by atoms with van der Waals surface area (Å²) in [4.78, 5) is 4.89. The van der Waals surface area contributed by atoms with E-state index >= 15 is 0 Å². The van der Waals surface area contributed by atoms with Crippen LogP contribution < -0.4 is 14.8 Å². The molecule has 2 aromatic heterocycles. The number of hydrogen-bond acceptors (Lipinski definition) is 5. The summed E-state index contributed by atoms with van der Waals surface area (Å²) in [5, 5.41) is 7.53. The van der Waals surface area contributed by atoms with Gasteiger partial charge in [-0.05, 0) is 17.2 Å². The van der Waals surface area contributed by atoms with Gasteiger partial charge in [-0.25, -0.2) is 4.98 Å². The molecule has 5 rings (SSSR count). The zero-order valence-corrected chi connectivity index (χ0v) is 19.4. The number of hydrogen-bond donors (Lipinski definition) is 1. The Bertz CT molecular complexity index is 1360. The van der Waals surface area contributed by atoms with E-state index in [0.717, 1.165) is 40.4 Å².